The highest BCUT2D eigenvalue weighted by Gasteiger charge is 2.27. The number of rotatable bonds is 14. The Hall–Kier alpha value is -0.00312. The first kappa shape index (κ1) is 23.0. The zero-order chi connectivity index (χ0) is 17.9. The summed E-state index contributed by atoms with van der Waals surface area (Å²) in [5.41, 5.74) is 0. The number of unbranched alkanes of at least 4 members (excludes halogenated alkanes) is 3. The summed E-state index contributed by atoms with van der Waals surface area (Å²) in [4.78, 5) is 12.0. The lowest BCUT2D eigenvalue weighted by atomic mass is 10.0. The van der Waals surface area contributed by atoms with Gasteiger partial charge in [-0.05, 0) is 32.5 Å². The van der Waals surface area contributed by atoms with Crippen LogP contribution in [0.4, 0.5) is 0 Å². The molecule has 1 atom stereocenters. The van der Waals surface area contributed by atoms with Gasteiger partial charge in [0.15, 0.2) is 8.32 Å². The van der Waals surface area contributed by atoms with E-state index < -0.39 is 15.9 Å². The van der Waals surface area contributed by atoms with Crippen molar-refractivity contribution in [2.75, 3.05) is 20.4 Å². The van der Waals surface area contributed by atoms with E-state index in [4.69, 9.17) is 13.5 Å². The van der Waals surface area contributed by atoms with E-state index in [0.29, 0.717) is 12.8 Å². The predicted molar refractivity (Wildman–Crippen MR) is 97.7 cm³/mol. The number of ketones is 1. The first-order valence-electron chi connectivity index (χ1n) is 8.56. The molecule has 5 nitrogen and oxygen atoms in total. The van der Waals surface area contributed by atoms with Crippen LogP contribution in [0.3, 0.4) is 0 Å². The summed E-state index contributed by atoms with van der Waals surface area (Å²) in [6.45, 7) is 8.69. The van der Waals surface area contributed by atoms with Gasteiger partial charge in [0.05, 0.1) is 0 Å². The van der Waals surface area contributed by atoms with Gasteiger partial charge in [-0.15, -0.1) is 0 Å². The smallest absolute Gasteiger partial charge is 0.337 e. The molecule has 0 N–H and O–H groups in total. The maximum atomic E-state index is 12.0. The predicted octanol–water partition coefficient (Wildman–Crippen LogP) is 5.01. The van der Waals surface area contributed by atoms with Crippen LogP contribution < -0.4 is 0 Å². The summed E-state index contributed by atoms with van der Waals surface area (Å²) < 4.78 is 27.8. The topological polar surface area (TPSA) is 61.8 Å². The normalized spacial score (nSPS) is 14.0. The van der Waals surface area contributed by atoms with Gasteiger partial charge in [0, 0.05) is 26.7 Å². The summed E-state index contributed by atoms with van der Waals surface area (Å²) in [6, 6.07) is 0. The minimum atomic E-state index is -3.25. The zero-order valence-corrected chi connectivity index (χ0v) is 17.6. The van der Waals surface area contributed by atoms with Crippen LogP contribution in [0.1, 0.15) is 51.9 Å². The van der Waals surface area contributed by atoms with Gasteiger partial charge in [0.25, 0.3) is 0 Å². The van der Waals surface area contributed by atoms with Crippen molar-refractivity contribution >= 4 is 21.7 Å². The molecule has 0 amide bonds. The molecule has 0 aliphatic carbocycles. The Kier molecular flexibility index (Phi) is 11.5. The minimum absolute atomic E-state index is 0.0882. The van der Waals surface area contributed by atoms with Crippen LogP contribution in [0.25, 0.3) is 0 Å². The Labute approximate surface area is 143 Å². The Bertz CT molecular complexity index is 373. The van der Waals surface area contributed by atoms with Gasteiger partial charge < -0.3 is 13.5 Å². The summed E-state index contributed by atoms with van der Waals surface area (Å²) in [5, 5.41) is 0. The highest BCUT2D eigenvalue weighted by Crippen LogP contribution is 2.46. The van der Waals surface area contributed by atoms with E-state index in [0.717, 1.165) is 12.8 Å². The fraction of sp³-hybridized carbons (Fsp3) is 0.938. The number of hydrogen-bond donors (Lipinski definition) is 0. The number of carbonyl (C=O) groups is 1. The van der Waals surface area contributed by atoms with E-state index in [-0.39, 0.29) is 18.0 Å². The molecule has 0 aromatic carbocycles. The largest absolute Gasteiger partial charge is 0.415 e. The molecule has 0 radical (unpaired) electrons. The molecule has 0 saturated heterocycles. The van der Waals surface area contributed by atoms with Crippen molar-refractivity contribution in [3.8, 4) is 0 Å². The number of Topliss-reactive ketones (excluding diaryl/α,β-unsaturated/α-hetero) is 1. The Morgan fingerprint density at radius 1 is 1.04 bits per heavy atom. The van der Waals surface area contributed by atoms with Crippen molar-refractivity contribution in [2.45, 2.75) is 77.6 Å². The molecule has 0 aromatic heterocycles. The van der Waals surface area contributed by atoms with Crippen molar-refractivity contribution in [3.63, 3.8) is 0 Å². The van der Waals surface area contributed by atoms with Crippen LogP contribution in [0.15, 0.2) is 0 Å². The first-order chi connectivity index (χ1) is 10.7. The molecule has 23 heavy (non-hydrogen) atoms. The standard InChI is InChI=1S/C16H35O5PSi/c1-7-8-9-10-11-16(21-23(4,5)6)13-12-15(17)14-22(18,19-2)20-3/h16H,7-14H2,1-6H3. The minimum Gasteiger partial charge on any atom is -0.415 e. The lowest BCUT2D eigenvalue weighted by Gasteiger charge is -2.26. The molecule has 0 spiro atoms. The fourth-order valence-electron chi connectivity index (χ4n) is 2.38. The van der Waals surface area contributed by atoms with Crippen molar-refractivity contribution in [1.29, 1.82) is 0 Å². The van der Waals surface area contributed by atoms with Crippen LogP contribution in [0, 0.1) is 0 Å². The lowest BCUT2D eigenvalue weighted by molar-refractivity contribution is -0.117. The summed E-state index contributed by atoms with van der Waals surface area (Å²) >= 11 is 0. The second-order valence-corrected chi connectivity index (χ2v) is 13.6. The molecule has 0 aliphatic heterocycles. The Morgan fingerprint density at radius 3 is 2.13 bits per heavy atom. The first-order valence-corrected chi connectivity index (χ1v) is 13.7. The second kappa shape index (κ2) is 11.5. The highest BCUT2D eigenvalue weighted by atomic mass is 31.2. The number of carbonyl (C=O) groups excluding carboxylic acids is 1. The van der Waals surface area contributed by atoms with Gasteiger partial charge in [-0.2, -0.15) is 0 Å². The van der Waals surface area contributed by atoms with Crippen molar-refractivity contribution in [3.05, 3.63) is 0 Å². The average Bonchev–Trinajstić information content (AvgIpc) is 2.47. The maximum Gasteiger partial charge on any atom is 0.337 e. The molecule has 0 saturated carbocycles. The van der Waals surface area contributed by atoms with Gasteiger partial charge in [-0.3, -0.25) is 9.36 Å². The third kappa shape index (κ3) is 12.1. The molecule has 7 heteroatoms. The van der Waals surface area contributed by atoms with E-state index in [1.807, 2.05) is 0 Å². The fourth-order valence-corrected chi connectivity index (χ4v) is 4.61. The molecule has 0 aromatic rings. The van der Waals surface area contributed by atoms with Gasteiger partial charge in [-0.25, -0.2) is 0 Å². The number of hydrogen-bond acceptors (Lipinski definition) is 5. The zero-order valence-electron chi connectivity index (χ0n) is 15.7. The average molecular weight is 367 g/mol. The molecular formula is C16H35O5PSi. The molecule has 1 unspecified atom stereocenters. The molecule has 0 aliphatic rings. The summed E-state index contributed by atoms with van der Waals surface area (Å²) in [7, 11) is -2.27. The highest BCUT2D eigenvalue weighted by molar-refractivity contribution is 7.54. The van der Waals surface area contributed by atoms with Crippen LogP contribution in [-0.4, -0.2) is 40.6 Å². The monoisotopic (exact) mass is 366 g/mol. The Balaban J connectivity index is 4.41. The van der Waals surface area contributed by atoms with Crippen molar-refractivity contribution < 1.29 is 22.8 Å². The van der Waals surface area contributed by atoms with E-state index in [9.17, 15) is 9.36 Å². The molecule has 0 fully saturated rings. The van der Waals surface area contributed by atoms with Gasteiger partial charge in [0.1, 0.15) is 11.9 Å². The van der Waals surface area contributed by atoms with Gasteiger partial charge >= 0.3 is 7.60 Å². The van der Waals surface area contributed by atoms with E-state index in [1.54, 1.807) is 0 Å². The van der Waals surface area contributed by atoms with Gasteiger partial charge in [-0.1, -0.05) is 32.6 Å². The van der Waals surface area contributed by atoms with E-state index >= 15 is 0 Å². The summed E-state index contributed by atoms with van der Waals surface area (Å²) in [5.74, 6) is -0.0882. The van der Waals surface area contributed by atoms with Crippen molar-refractivity contribution in [2.24, 2.45) is 0 Å². The van der Waals surface area contributed by atoms with E-state index in [1.165, 1.54) is 33.5 Å². The SMILES string of the molecule is CCCCCCC(CCC(=O)CP(=O)(OC)OC)O[Si](C)(C)C. The summed E-state index contributed by atoms with van der Waals surface area (Å²) in [6.07, 6.45) is 6.78. The molecule has 0 rings (SSSR count). The second-order valence-electron chi connectivity index (χ2n) is 6.91. The molecule has 138 valence electrons. The third-order valence-corrected chi connectivity index (χ3v) is 6.46. The van der Waals surface area contributed by atoms with E-state index in [2.05, 4.69) is 26.6 Å². The quantitative estimate of drug-likeness (QED) is 0.246. The lowest BCUT2D eigenvalue weighted by Crippen LogP contribution is -2.32. The molecule has 0 heterocycles. The van der Waals surface area contributed by atoms with Crippen molar-refractivity contribution in [1.82, 2.24) is 0 Å². The molecule has 0 bridgehead atoms. The Morgan fingerprint density at radius 2 is 1.65 bits per heavy atom. The van der Waals surface area contributed by atoms with Crippen LogP contribution in [0.2, 0.25) is 19.6 Å². The molecular weight excluding hydrogens is 331 g/mol. The van der Waals surface area contributed by atoms with Crippen LogP contribution >= 0.6 is 7.60 Å². The maximum absolute atomic E-state index is 12.0. The van der Waals surface area contributed by atoms with Gasteiger partial charge in [0.2, 0.25) is 0 Å². The third-order valence-electron chi connectivity index (χ3n) is 3.57. The van der Waals surface area contributed by atoms with Crippen LogP contribution in [0.5, 0.6) is 0 Å². The van der Waals surface area contributed by atoms with Crippen LogP contribution in [-0.2, 0) is 22.8 Å².